The third-order valence-corrected chi connectivity index (χ3v) is 5.54. The molecule has 3 aromatic rings. The summed E-state index contributed by atoms with van der Waals surface area (Å²) in [5, 5.41) is 5.32. The molecule has 1 unspecified atom stereocenters. The summed E-state index contributed by atoms with van der Waals surface area (Å²) in [6.07, 6.45) is -0.288. The molecule has 1 N–H and O–H groups in total. The third-order valence-electron chi connectivity index (χ3n) is 5.31. The van der Waals surface area contributed by atoms with Crippen molar-refractivity contribution < 1.29 is 19.1 Å². The molecule has 0 radical (unpaired) electrons. The Morgan fingerprint density at radius 1 is 1.03 bits per heavy atom. The molecule has 34 heavy (non-hydrogen) atoms. The molecule has 6 nitrogen and oxygen atoms in total. The second-order valence-electron chi connectivity index (χ2n) is 9.19. The van der Waals surface area contributed by atoms with Gasteiger partial charge in [0.2, 0.25) is 0 Å². The molecule has 0 bridgehead atoms. The van der Waals surface area contributed by atoms with Gasteiger partial charge in [-0.05, 0) is 57.5 Å². The molecule has 0 aliphatic carbocycles. The zero-order valence-electron chi connectivity index (χ0n) is 20.2. The van der Waals surface area contributed by atoms with Crippen molar-refractivity contribution >= 4 is 45.8 Å². The molecule has 0 aromatic heterocycles. The number of carbonyl (C=O) groups excluding carboxylic acids is 2. The van der Waals surface area contributed by atoms with Gasteiger partial charge in [-0.1, -0.05) is 48.0 Å². The van der Waals surface area contributed by atoms with Crippen molar-refractivity contribution in [2.24, 2.45) is 0 Å². The van der Waals surface area contributed by atoms with Gasteiger partial charge in [-0.25, -0.2) is 4.79 Å². The third kappa shape index (κ3) is 6.64. The lowest BCUT2D eigenvalue weighted by Gasteiger charge is -2.32. The van der Waals surface area contributed by atoms with Crippen LogP contribution in [0.15, 0.2) is 60.7 Å². The molecule has 0 aliphatic heterocycles. The first-order chi connectivity index (χ1) is 16.1. The van der Waals surface area contributed by atoms with Gasteiger partial charge in [0.1, 0.15) is 5.60 Å². The monoisotopic (exact) mass is 482 g/mol. The van der Waals surface area contributed by atoms with E-state index in [4.69, 9.17) is 21.1 Å². The van der Waals surface area contributed by atoms with Gasteiger partial charge in [0.25, 0.3) is 0 Å². The predicted octanol–water partition coefficient (Wildman–Crippen LogP) is 6.80. The highest BCUT2D eigenvalue weighted by molar-refractivity contribution is 6.30. The maximum absolute atomic E-state index is 12.4. The lowest BCUT2D eigenvalue weighted by atomic mass is 10.0. The molecular formula is C27H31ClN2O4. The molecule has 3 rings (SSSR count). The van der Waals surface area contributed by atoms with E-state index in [1.165, 1.54) is 7.11 Å². The molecule has 7 heteroatoms. The average molecular weight is 483 g/mol. The van der Waals surface area contributed by atoms with Crippen LogP contribution in [0.4, 0.5) is 16.2 Å². The van der Waals surface area contributed by atoms with Crippen LogP contribution in [0.25, 0.3) is 10.8 Å². The van der Waals surface area contributed by atoms with Gasteiger partial charge in [0, 0.05) is 34.1 Å². The number of benzene rings is 3. The topological polar surface area (TPSA) is 67.9 Å². The minimum atomic E-state index is -0.600. The van der Waals surface area contributed by atoms with Gasteiger partial charge < -0.3 is 14.4 Å². The lowest BCUT2D eigenvalue weighted by Crippen LogP contribution is -2.35. The molecule has 0 saturated carbocycles. The van der Waals surface area contributed by atoms with Crippen molar-refractivity contribution in [2.75, 3.05) is 17.3 Å². The Kier molecular flexibility index (Phi) is 8.05. The maximum Gasteiger partial charge on any atom is 0.412 e. The van der Waals surface area contributed by atoms with Crippen molar-refractivity contribution in [2.45, 2.75) is 52.3 Å². The van der Waals surface area contributed by atoms with Crippen LogP contribution in [-0.4, -0.2) is 30.8 Å². The molecule has 1 atom stereocenters. The molecule has 0 fully saturated rings. The molecule has 0 spiro atoms. The normalized spacial score (nSPS) is 12.2. The summed E-state index contributed by atoms with van der Waals surface area (Å²) < 4.78 is 10.3. The van der Waals surface area contributed by atoms with Crippen LogP contribution in [-0.2, 0) is 20.8 Å². The molecule has 180 valence electrons. The van der Waals surface area contributed by atoms with Gasteiger partial charge in [0.15, 0.2) is 0 Å². The summed E-state index contributed by atoms with van der Waals surface area (Å²) >= 11 is 6.23. The predicted molar refractivity (Wildman–Crippen MR) is 138 cm³/mol. The molecular weight excluding hydrogens is 452 g/mol. The van der Waals surface area contributed by atoms with E-state index in [9.17, 15) is 9.59 Å². The van der Waals surface area contributed by atoms with E-state index in [0.717, 1.165) is 22.0 Å². The minimum Gasteiger partial charge on any atom is -0.469 e. The van der Waals surface area contributed by atoms with E-state index in [2.05, 4.69) is 10.2 Å². The molecule has 0 aliphatic rings. The van der Waals surface area contributed by atoms with E-state index < -0.39 is 11.7 Å². The maximum atomic E-state index is 12.4. The number of rotatable bonds is 7. The number of esters is 1. The van der Waals surface area contributed by atoms with Gasteiger partial charge in [0.05, 0.1) is 19.2 Å². The zero-order valence-corrected chi connectivity index (χ0v) is 21.0. The number of methoxy groups -OCH3 is 1. The number of hydrogen-bond acceptors (Lipinski definition) is 5. The van der Waals surface area contributed by atoms with Gasteiger partial charge in [-0.2, -0.15) is 0 Å². The number of anilines is 2. The van der Waals surface area contributed by atoms with E-state index in [1.54, 1.807) is 0 Å². The van der Waals surface area contributed by atoms with Gasteiger partial charge in [-0.3, -0.25) is 10.1 Å². The van der Waals surface area contributed by atoms with Crippen molar-refractivity contribution in [3.05, 3.63) is 71.2 Å². The van der Waals surface area contributed by atoms with Crippen molar-refractivity contribution in [1.82, 2.24) is 0 Å². The van der Waals surface area contributed by atoms with Crippen LogP contribution in [0.1, 0.15) is 39.7 Å². The number of amides is 1. The van der Waals surface area contributed by atoms with E-state index >= 15 is 0 Å². The highest BCUT2D eigenvalue weighted by atomic mass is 35.5. The summed E-state index contributed by atoms with van der Waals surface area (Å²) in [5.41, 5.74) is 2.00. The largest absolute Gasteiger partial charge is 0.469 e. The summed E-state index contributed by atoms with van der Waals surface area (Å²) in [5.74, 6) is -0.281. The first-order valence-corrected chi connectivity index (χ1v) is 11.5. The summed E-state index contributed by atoms with van der Waals surface area (Å²) in [6.45, 7) is 8.00. The molecule has 1 amide bonds. The second kappa shape index (κ2) is 10.8. The van der Waals surface area contributed by atoms with E-state index in [1.807, 2.05) is 88.4 Å². The number of nitrogens with one attached hydrogen (secondary N) is 1. The fourth-order valence-electron chi connectivity index (χ4n) is 3.80. The number of hydrogen-bond donors (Lipinski definition) is 1. The number of nitrogens with zero attached hydrogens (tertiary/aromatic N) is 1. The first-order valence-electron chi connectivity index (χ1n) is 11.2. The minimum absolute atomic E-state index is 0.153. The van der Waals surface area contributed by atoms with Crippen LogP contribution < -0.4 is 10.2 Å². The standard InChI is InChI=1S/C27H31ClN2O4/c1-18(15-25(31)33-5)30(17-19-9-8-10-20(28)16-19)24-14-13-23(21-11-6-7-12-22(21)24)29-26(32)34-27(2,3)4/h6-14,16,18H,15,17H2,1-5H3,(H,29,32). The Hall–Kier alpha value is -3.25. The van der Waals surface area contributed by atoms with Crippen LogP contribution >= 0.6 is 11.6 Å². The van der Waals surface area contributed by atoms with E-state index in [-0.39, 0.29) is 18.4 Å². The Morgan fingerprint density at radius 3 is 2.38 bits per heavy atom. The van der Waals surface area contributed by atoms with Gasteiger partial charge in [-0.15, -0.1) is 0 Å². The Morgan fingerprint density at radius 2 is 1.74 bits per heavy atom. The highest BCUT2D eigenvalue weighted by Crippen LogP contribution is 2.35. The van der Waals surface area contributed by atoms with Gasteiger partial charge >= 0.3 is 12.1 Å². The Bertz CT molecular complexity index is 1170. The Balaban J connectivity index is 2.03. The number of carbonyl (C=O) groups is 2. The average Bonchev–Trinajstić information content (AvgIpc) is 2.76. The van der Waals surface area contributed by atoms with Crippen molar-refractivity contribution in [1.29, 1.82) is 0 Å². The SMILES string of the molecule is COC(=O)CC(C)N(Cc1cccc(Cl)c1)c1ccc(NC(=O)OC(C)(C)C)c2ccccc12. The molecule has 0 saturated heterocycles. The van der Waals surface area contributed by atoms with Crippen LogP contribution in [0.2, 0.25) is 5.02 Å². The summed E-state index contributed by atoms with van der Waals surface area (Å²) in [4.78, 5) is 26.7. The quantitative estimate of drug-likeness (QED) is 0.375. The first kappa shape index (κ1) is 25.4. The molecule has 0 heterocycles. The van der Waals surface area contributed by atoms with Crippen LogP contribution in [0, 0.1) is 0 Å². The fourth-order valence-corrected chi connectivity index (χ4v) is 4.01. The lowest BCUT2D eigenvalue weighted by molar-refractivity contribution is -0.140. The zero-order chi connectivity index (χ0) is 24.9. The smallest absolute Gasteiger partial charge is 0.412 e. The Labute approximate surface area is 205 Å². The second-order valence-corrected chi connectivity index (χ2v) is 9.63. The number of ether oxygens (including phenoxy) is 2. The van der Waals surface area contributed by atoms with Crippen molar-refractivity contribution in [3.63, 3.8) is 0 Å². The number of halogens is 1. The summed E-state index contributed by atoms with van der Waals surface area (Å²) in [7, 11) is 1.39. The van der Waals surface area contributed by atoms with Crippen LogP contribution in [0.3, 0.4) is 0 Å². The van der Waals surface area contributed by atoms with Crippen LogP contribution in [0.5, 0.6) is 0 Å². The fraction of sp³-hybridized carbons (Fsp3) is 0.333. The highest BCUT2D eigenvalue weighted by Gasteiger charge is 2.22. The number of fused-ring (bicyclic) bond motifs is 1. The summed E-state index contributed by atoms with van der Waals surface area (Å²) in [6, 6.07) is 19.1. The van der Waals surface area contributed by atoms with Crippen molar-refractivity contribution in [3.8, 4) is 0 Å². The molecule has 3 aromatic carbocycles. The van der Waals surface area contributed by atoms with E-state index in [0.29, 0.717) is 17.3 Å².